The van der Waals surface area contributed by atoms with Crippen LogP contribution in [0.15, 0.2) is 5.38 Å². The summed E-state index contributed by atoms with van der Waals surface area (Å²) in [5, 5.41) is 8.82. The smallest absolute Gasteiger partial charge is 0.407 e. The van der Waals surface area contributed by atoms with E-state index in [-0.39, 0.29) is 29.3 Å². The van der Waals surface area contributed by atoms with Gasteiger partial charge in [0.2, 0.25) is 5.91 Å². The Kier molecular flexibility index (Phi) is 11.0. The molecule has 1 aromatic rings. The van der Waals surface area contributed by atoms with Crippen LogP contribution in [0, 0.1) is 11.8 Å². The SMILES string of the molecule is COC(=O)N[C@@H](CC1CCCCC1)C(=O)N[C@@H](CC1CCC(NS(=O)(=O)O)CC1)c1nc(C(C)(C)C)cs1. The molecule has 38 heavy (non-hydrogen) atoms. The van der Waals surface area contributed by atoms with Gasteiger partial charge in [-0.25, -0.2) is 9.78 Å². The van der Waals surface area contributed by atoms with E-state index in [0.29, 0.717) is 31.6 Å². The quantitative estimate of drug-likeness (QED) is 0.299. The molecule has 2 fully saturated rings. The molecular formula is C26H44N4O6S2. The highest BCUT2D eigenvalue weighted by molar-refractivity contribution is 7.83. The van der Waals surface area contributed by atoms with Gasteiger partial charge < -0.3 is 15.4 Å². The molecule has 1 aromatic heterocycles. The largest absolute Gasteiger partial charge is 0.453 e. The van der Waals surface area contributed by atoms with Gasteiger partial charge in [-0.15, -0.1) is 11.3 Å². The summed E-state index contributed by atoms with van der Waals surface area (Å²) in [7, 11) is -2.93. The van der Waals surface area contributed by atoms with E-state index < -0.39 is 22.4 Å². The van der Waals surface area contributed by atoms with E-state index in [0.717, 1.165) is 49.2 Å². The number of nitrogens with zero attached hydrogens (tertiary/aromatic N) is 1. The first-order chi connectivity index (χ1) is 17.8. The Morgan fingerprint density at radius 3 is 2.24 bits per heavy atom. The summed E-state index contributed by atoms with van der Waals surface area (Å²) in [5.41, 5.74) is 0.836. The molecule has 0 spiro atoms. The van der Waals surface area contributed by atoms with Crippen LogP contribution in [0.3, 0.4) is 0 Å². The van der Waals surface area contributed by atoms with Crippen molar-refractivity contribution in [1.29, 1.82) is 0 Å². The Bertz CT molecular complexity index is 1020. The molecule has 0 unspecified atom stereocenters. The molecule has 12 heteroatoms. The Hall–Kier alpha value is -1.76. The predicted octanol–water partition coefficient (Wildman–Crippen LogP) is 4.63. The third-order valence-electron chi connectivity index (χ3n) is 7.72. The molecule has 4 N–H and O–H groups in total. The van der Waals surface area contributed by atoms with E-state index in [9.17, 15) is 18.0 Å². The third kappa shape index (κ3) is 9.77. The van der Waals surface area contributed by atoms with Crippen molar-refractivity contribution in [1.82, 2.24) is 20.3 Å². The highest BCUT2D eigenvalue weighted by Gasteiger charge is 2.32. The maximum atomic E-state index is 13.6. The number of hydrogen-bond donors (Lipinski definition) is 4. The lowest BCUT2D eigenvalue weighted by Crippen LogP contribution is -2.49. The predicted molar refractivity (Wildman–Crippen MR) is 147 cm³/mol. The maximum absolute atomic E-state index is 13.6. The van der Waals surface area contributed by atoms with E-state index in [1.54, 1.807) is 0 Å². The minimum Gasteiger partial charge on any atom is -0.453 e. The fraction of sp³-hybridized carbons (Fsp3) is 0.808. The molecular weight excluding hydrogens is 528 g/mol. The molecule has 0 saturated heterocycles. The Labute approximate surface area is 231 Å². The van der Waals surface area contributed by atoms with Gasteiger partial charge >= 0.3 is 16.4 Å². The summed E-state index contributed by atoms with van der Waals surface area (Å²) in [6.45, 7) is 6.30. The first-order valence-electron chi connectivity index (χ1n) is 13.7. The van der Waals surface area contributed by atoms with Gasteiger partial charge in [-0.1, -0.05) is 52.9 Å². The summed E-state index contributed by atoms with van der Waals surface area (Å²) in [5.74, 6) is 0.403. The van der Waals surface area contributed by atoms with Crippen LogP contribution in [0.4, 0.5) is 4.79 Å². The van der Waals surface area contributed by atoms with Crippen LogP contribution in [0.25, 0.3) is 0 Å². The molecule has 2 saturated carbocycles. The van der Waals surface area contributed by atoms with Crippen molar-refractivity contribution in [3.63, 3.8) is 0 Å². The van der Waals surface area contributed by atoms with E-state index in [1.807, 2.05) is 5.38 Å². The number of ether oxygens (including phenoxy) is 1. The average Bonchev–Trinajstić information content (AvgIpc) is 3.35. The van der Waals surface area contributed by atoms with Crippen LogP contribution in [-0.4, -0.2) is 49.1 Å². The number of carbonyl (C=O) groups excluding carboxylic acids is 2. The second-order valence-electron chi connectivity index (χ2n) is 11.9. The highest BCUT2D eigenvalue weighted by atomic mass is 32.2. The van der Waals surface area contributed by atoms with Crippen molar-refractivity contribution in [2.24, 2.45) is 11.8 Å². The first kappa shape index (κ1) is 30.8. The third-order valence-corrected chi connectivity index (χ3v) is 9.31. The van der Waals surface area contributed by atoms with Crippen molar-refractivity contribution in [2.45, 2.75) is 115 Å². The van der Waals surface area contributed by atoms with E-state index in [4.69, 9.17) is 14.3 Å². The number of amides is 2. The molecule has 0 aliphatic heterocycles. The van der Waals surface area contributed by atoms with Crippen LogP contribution < -0.4 is 15.4 Å². The lowest BCUT2D eigenvalue weighted by atomic mass is 9.82. The molecule has 2 atom stereocenters. The van der Waals surface area contributed by atoms with Gasteiger partial charge in [0.05, 0.1) is 18.8 Å². The van der Waals surface area contributed by atoms with Crippen LogP contribution in [0.2, 0.25) is 0 Å². The van der Waals surface area contributed by atoms with Gasteiger partial charge in [-0.3, -0.25) is 9.35 Å². The number of nitrogens with one attached hydrogen (secondary N) is 3. The second-order valence-corrected chi connectivity index (χ2v) is 13.9. The summed E-state index contributed by atoms with van der Waals surface area (Å²) >= 11 is 1.53. The van der Waals surface area contributed by atoms with Gasteiger partial charge in [0, 0.05) is 16.8 Å². The number of carbonyl (C=O) groups is 2. The van der Waals surface area contributed by atoms with Gasteiger partial charge in [0.15, 0.2) is 0 Å². The molecule has 1 heterocycles. The monoisotopic (exact) mass is 572 g/mol. The summed E-state index contributed by atoms with van der Waals surface area (Å²) in [6.07, 6.45) is 8.99. The Balaban J connectivity index is 1.74. The van der Waals surface area contributed by atoms with Crippen molar-refractivity contribution in [3.05, 3.63) is 16.1 Å². The van der Waals surface area contributed by atoms with Crippen molar-refractivity contribution in [2.75, 3.05) is 7.11 Å². The van der Waals surface area contributed by atoms with Crippen molar-refractivity contribution < 1.29 is 27.3 Å². The summed E-state index contributed by atoms with van der Waals surface area (Å²) in [6, 6.07) is -1.30. The number of alkyl carbamates (subject to hydrolysis) is 1. The van der Waals surface area contributed by atoms with Gasteiger partial charge in [0.1, 0.15) is 11.0 Å². The summed E-state index contributed by atoms with van der Waals surface area (Å²) < 4.78 is 38.6. The molecule has 216 valence electrons. The van der Waals surface area contributed by atoms with Crippen LogP contribution >= 0.6 is 11.3 Å². The zero-order chi connectivity index (χ0) is 27.9. The lowest BCUT2D eigenvalue weighted by Gasteiger charge is -2.31. The lowest BCUT2D eigenvalue weighted by molar-refractivity contribution is -0.124. The molecule has 2 aliphatic rings. The fourth-order valence-corrected chi connectivity index (χ4v) is 7.30. The van der Waals surface area contributed by atoms with Gasteiger partial charge in [-0.2, -0.15) is 13.1 Å². The normalized spacial score (nSPS) is 22.9. The summed E-state index contributed by atoms with van der Waals surface area (Å²) in [4.78, 5) is 30.6. The van der Waals surface area contributed by atoms with Crippen molar-refractivity contribution in [3.8, 4) is 0 Å². The molecule has 0 radical (unpaired) electrons. The minimum atomic E-state index is -4.23. The molecule has 0 bridgehead atoms. The molecule has 0 aromatic carbocycles. The topological polar surface area (TPSA) is 147 Å². The maximum Gasteiger partial charge on any atom is 0.407 e. The zero-order valence-corrected chi connectivity index (χ0v) is 24.6. The Morgan fingerprint density at radius 2 is 1.68 bits per heavy atom. The number of rotatable bonds is 10. The molecule has 2 aliphatic carbocycles. The number of aromatic nitrogens is 1. The first-order valence-corrected chi connectivity index (χ1v) is 16.0. The molecule has 3 rings (SSSR count). The van der Waals surface area contributed by atoms with Gasteiger partial charge in [0.25, 0.3) is 0 Å². The fourth-order valence-electron chi connectivity index (χ4n) is 5.53. The van der Waals surface area contributed by atoms with Crippen molar-refractivity contribution >= 4 is 33.6 Å². The highest BCUT2D eigenvalue weighted by Crippen LogP contribution is 2.35. The molecule has 2 amide bonds. The number of hydrogen-bond acceptors (Lipinski definition) is 7. The average molecular weight is 573 g/mol. The second kappa shape index (κ2) is 13.5. The van der Waals surface area contributed by atoms with Crippen LogP contribution in [0.5, 0.6) is 0 Å². The van der Waals surface area contributed by atoms with Crippen LogP contribution in [0.1, 0.15) is 108 Å². The van der Waals surface area contributed by atoms with E-state index in [1.165, 1.54) is 24.9 Å². The number of thiazole rings is 1. The van der Waals surface area contributed by atoms with E-state index in [2.05, 4.69) is 36.1 Å². The minimum absolute atomic E-state index is 0.126. The zero-order valence-electron chi connectivity index (χ0n) is 23.0. The van der Waals surface area contributed by atoms with Gasteiger partial charge in [-0.05, 0) is 50.4 Å². The molecule has 10 nitrogen and oxygen atoms in total. The number of methoxy groups -OCH3 is 1. The van der Waals surface area contributed by atoms with Crippen LogP contribution in [-0.2, 0) is 25.3 Å². The Morgan fingerprint density at radius 1 is 1.05 bits per heavy atom. The standard InChI is InChI=1S/C26H44N4O6S2/c1-26(2,3)22-16-37-24(29-22)21(15-18-10-12-19(13-11-18)30-38(33,34)35)27-23(31)20(28-25(32)36-4)14-17-8-6-5-7-9-17/h16-21,30H,5-15H2,1-4H3,(H,27,31)(H,28,32)(H,33,34,35)/t18?,19?,20-,21-/m0/s1. The van der Waals surface area contributed by atoms with E-state index >= 15 is 0 Å².